The summed E-state index contributed by atoms with van der Waals surface area (Å²) in [4.78, 5) is 0. The molecule has 0 spiro atoms. The third-order valence-corrected chi connectivity index (χ3v) is 5.62. The van der Waals surface area contributed by atoms with Crippen LogP contribution in [0.15, 0.2) is 0 Å². The molecule has 0 aliphatic carbocycles. The van der Waals surface area contributed by atoms with Crippen molar-refractivity contribution in [1.82, 2.24) is 0 Å². The van der Waals surface area contributed by atoms with E-state index in [1.807, 2.05) is 23.5 Å². The summed E-state index contributed by atoms with van der Waals surface area (Å²) in [5, 5.41) is 10.6. The predicted molar refractivity (Wildman–Crippen MR) is 63.6 cm³/mol. The lowest BCUT2D eigenvalue weighted by molar-refractivity contribution is 0.105. The second-order valence-corrected chi connectivity index (χ2v) is 6.05. The van der Waals surface area contributed by atoms with Crippen LogP contribution in [0.25, 0.3) is 0 Å². The van der Waals surface area contributed by atoms with Gasteiger partial charge in [-0.05, 0) is 5.92 Å². The Morgan fingerprint density at radius 1 is 1.31 bits per heavy atom. The lowest BCUT2D eigenvalue weighted by Crippen LogP contribution is -2.34. The van der Waals surface area contributed by atoms with E-state index in [1.54, 1.807) is 0 Å². The zero-order valence-corrected chi connectivity index (χ0v) is 10.2. The molecule has 0 radical (unpaired) electrons. The van der Waals surface area contributed by atoms with E-state index in [0.717, 1.165) is 18.6 Å². The van der Waals surface area contributed by atoms with Crippen LogP contribution in [0.1, 0.15) is 26.7 Å². The highest BCUT2D eigenvalue weighted by Gasteiger charge is 2.27. The summed E-state index contributed by atoms with van der Waals surface area (Å²) in [6, 6.07) is 0. The average molecular weight is 220 g/mol. The van der Waals surface area contributed by atoms with Gasteiger partial charge in [-0.3, -0.25) is 0 Å². The highest BCUT2D eigenvalue weighted by Crippen LogP contribution is 2.30. The van der Waals surface area contributed by atoms with Crippen LogP contribution in [-0.2, 0) is 0 Å². The van der Waals surface area contributed by atoms with Gasteiger partial charge in [-0.15, -0.1) is 0 Å². The van der Waals surface area contributed by atoms with E-state index in [2.05, 4.69) is 13.8 Å². The summed E-state index contributed by atoms with van der Waals surface area (Å²) < 4.78 is 0. The van der Waals surface area contributed by atoms with Gasteiger partial charge >= 0.3 is 0 Å². The summed E-state index contributed by atoms with van der Waals surface area (Å²) in [6.45, 7) is 4.36. The van der Waals surface area contributed by atoms with Crippen molar-refractivity contribution in [2.45, 2.75) is 38.0 Å². The Labute approximate surface area is 90.1 Å². The maximum Gasteiger partial charge on any atom is 0.0694 e. The Bertz CT molecular complexity index is 131. The standard InChI is InChI=1S/C10H20OS2/c1-3-8(4-2)10(11)9-7-12-5-6-13-9/h8-11H,3-7H2,1-2H3. The Morgan fingerprint density at radius 2 is 2.00 bits per heavy atom. The van der Waals surface area contributed by atoms with Crippen LogP contribution >= 0.6 is 23.5 Å². The van der Waals surface area contributed by atoms with Crippen molar-refractivity contribution in [3.8, 4) is 0 Å². The summed E-state index contributed by atoms with van der Waals surface area (Å²) in [6.07, 6.45) is 2.14. The maximum absolute atomic E-state index is 10.1. The molecule has 1 heterocycles. The first kappa shape index (κ1) is 11.7. The third kappa shape index (κ3) is 3.37. The van der Waals surface area contributed by atoms with Crippen molar-refractivity contribution in [1.29, 1.82) is 0 Å². The molecular formula is C10H20OS2. The van der Waals surface area contributed by atoms with Crippen LogP contribution in [0.2, 0.25) is 0 Å². The Kier molecular flexibility index (Phi) is 5.60. The monoisotopic (exact) mass is 220 g/mol. The second kappa shape index (κ2) is 6.20. The van der Waals surface area contributed by atoms with Gasteiger partial charge in [-0.2, -0.15) is 23.5 Å². The van der Waals surface area contributed by atoms with E-state index in [-0.39, 0.29) is 6.10 Å². The molecule has 0 amide bonds. The number of rotatable bonds is 4. The van der Waals surface area contributed by atoms with Crippen molar-refractivity contribution in [2.24, 2.45) is 5.92 Å². The van der Waals surface area contributed by atoms with E-state index in [9.17, 15) is 5.11 Å². The number of aliphatic hydroxyl groups excluding tert-OH is 1. The molecular weight excluding hydrogens is 200 g/mol. The van der Waals surface area contributed by atoms with Crippen molar-refractivity contribution < 1.29 is 5.11 Å². The van der Waals surface area contributed by atoms with Gasteiger partial charge in [0.05, 0.1) is 6.10 Å². The van der Waals surface area contributed by atoms with Gasteiger partial charge in [0.25, 0.3) is 0 Å². The summed E-state index contributed by atoms with van der Waals surface area (Å²) in [5.41, 5.74) is 0. The Balaban J connectivity index is 2.38. The molecule has 78 valence electrons. The summed E-state index contributed by atoms with van der Waals surface area (Å²) >= 11 is 3.95. The van der Waals surface area contributed by atoms with Gasteiger partial charge in [-0.25, -0.2) is 0 Å². The van der Waals surface area contributed by atoms with E-state index < -0.39 is 0 Å². The minimum absolute atomic E-state index is 0.0761. The van der Waals surface area contributed by atoms with E-state index >= 15 is 0 Å². The minimum Gasteiger partial charge on any atom is -0.392 e. The Hall–Kier alpha value is 0.660. The molecule has 1 fully saturated rings. The van der Waals surface area contributed by atoms with E-state index in [4.69, 9.17) is 0 Å². The van der Waals surface area contributed by atoms with Crippen molar-refractivity contribution in [2.75, 3.05) is 17.3 Å². The van der Waals surface area contributed by atoms with Crippen LogP contribution in [0.3, 0.4) is 0 Å². The lowest BCUT2D eigenvalue weighted by atomic mass is 9.95. The molecule has 2 atom stereocenters. The number of hydrogen-bond donors (Lipinski definition) is 1. The number of aliphatic hydroxyl groups is 1. The summed E-state index contributed by atoms with van der Waals surface area (Å²) in [7, 11) is 0. The van der Waals surface area contributed by atoms with Crippen molar-refractivity contribution in [3.63, 3.8) is 0 Å². The molecule has 2 unspecified atom stereocenters. The van der Waals surface area contributed by atoms with Crippen LogP contribution in [-0.4, -0.2) is 33.7 Å². The highest BCUT2D eigenvalue weighted by molar-refractivity contribution is 8.06. The molecule has 1 N–H and O–H groups in total. The molecule has 0 saturated carbocycles. The largest absolute Gasteiger partial charge is 0.392 e. The maximum atomic E-state index is 10.1. The van der Waals surface area contributed by atoms with Crippen molar-refractivity contribution >= 4 is 23.5 Å². The lowest BCUT2D eigenvalue weighted by Gasteiger charge is -2.30. The average Bonchev–Trinajstić information content (AvgIpc) is 2.21. The third-order valence-electron chi connectivity index (χ3n) is 2.75. The molecule has 0 aromatic rings. The van der Waals surface area contributed by atoms with Gasteiger partial charge < -0.3 is 5.11 Å². The van der Waals surface area contributed by atoms with Gasteiger partial charge in [0.2, 0.25) is 0 Å². The summed E-state index contributed by atoms with van der Waals surface area (Å²) in [5.74, 6) is 4.13. The van der Waals surface area contributed by atoms with Crippen LogP contribution in [0.4, 0.5) is 0 Å². The molecule has 1 aliphatic rings. The molecule has 13 heavy (non-hydrogen) atoms. The fourth-order valence-corrected chi connectivity index (χ4v) is 4.63. The van der Waals surface area contributed by atoms with E-state index in [0.29, 0.717) is 11.2 Å². The molecule has 1 rings (SSSR count). The first-order chi connectivity index (χ1) is 6.29. The van der Waals surface area contributed by atoms with Gasteiger partial charge in [-0.1, -0.05) is 26.7 Å². The quantitative estimate of drug-likeness (QED) is 0.786. The molecule has 3 heteroatoms. The van der Waals surface area contributed by atoms with Crippen LogP contribution in [0.5, 0.6) is 0 Å². The second-order valence-electron chi connectivity index (χ2n) is 3.55. The zero-order valence-electron chi connectivity index (χ0n) is 8.53. The van der Waals surface area contributed by atoms with Crippen molar-refractivity contribution in [3.05, 3.63) is 0 Å². The first-order valence-corrected chi connectivity index (χ1v) is 7.37. The molecule has 0 aromatic carbocycles. The Morgan fingerprint density at radius 3 is 2.46 bits per heavy atom. The van der Waals surface area contributed by atoms with Gasteiger partial charge in [0.1, 0.15) is 0 Å². The molecule has 1 saturated heterocycles. The van der Waals surface area contributed by atoms with Gasteiger partial charge in [0.15, 0.2) is 0 Å². The zero-order chi connectivity index (χ0) is 9.68. The molecule has 0 aromatic heterocycles. The van der Waals surface area contributed by atoms with Crippen LogP contribution in [0, 0.1) is 5.92 Å². The van der Waals surface area contributed by atoms with E-state index in [1.165, 1.54) is 11.5 Å². The molecule has 1 nitrogen and oxygen atoms in total. The number of thioether (sulfide) groups is 2. The normalized spacial score (nSPS) is 26.3. The molecule has 1 aliphatic heterocycles. The first-order valence-electron chi connectivity index (χ1n) is 5.17. The molecule has 0 bridgehead atoms. The minimum atomic E-state index is -0.0761. The smallest absolute Gasteiger partial charge is 0.0694 e. The number of hydrogen-bond acceptors (Lipinski definition) is 3. The topological polar surface area (TPSA) is 20.2 Å². The fourth-order valence-electron chi connectivity index (χ4n) is 1.78. The highest BCUT2D eigenvalue weighted by atomic mass is 32.2. The van der Waals surface area contributed by atoms with Gasteiger partial charge in [0, 0.05) is 22.5 Å². The van der Waals surface area contributed by atoms with Crippen LogP contribution < -0.4 is 0 Å². The fraction of sp³-hybridized carbons (Fsp3) is 1.00. The SMILES string of the molecule is CCC(CC)C(O)C1CSCCS1. The predicted octanol–water partition coefficient (Wildman–Crippen LogP) is 2.63.